The van der Waals surface area contributed by atoms with E-state index in [9.17, 15) is 43.8 Å². The highest BCUT2D eigenvalue weighted by atomic mass is 19.3. The third-order valence-electron chi connectivity index (χ3n) is 8.19. The van der Waals surface area contributed by atoms with Crippen molar-refractivity contribution in [1.29, 1.82) is 0 Å². The SMILES string of the molecule is COC(=O)[C@@H](NC(=O)[C@@H](NC(=O)C(F)(F)C(O)C(Cc1ccccc1)NC(=O)[C@H](C)N(C(=O)OC(C)(C)C)C(=O)[C@H](C)NC(=O)[C@@H](N)CO)C(C)C)C(C)C. The van der Waals surface area contributed by atoms with Crippen molar-refractivity contribution < 1.29 is 62.0 Å². The number of carbonyl (C=O) groups excluding carboxylic acids is 7. The van der Waals surface area contributed by atoms with Gasteiger partial charge in [-0.2, -0.15) is 8.78 Å². The Morgan fingerprint density at radius 2 is 1.36 bits per heavy atom. The summed E-state index contributed by atoms with van der Waals surface area (Å²) in [6, 6.07) is -1.76. The predicted molar refractivity (Wildman–Crippen MR) is 194 cm³/mol. The summed E-state index contributed by atoms with van der Waals surface area (Å²) in [6.45, 7) is 12.0. The number of methoxy groups -OCH3 is 1. The minimum absolute atomic E-state index is 0.328. The zero-order chi connectivity index (χ0) is 42.6. The second kappa shape index (κ2) is 20.8. The van der Waals surface area contributed by atoms with Crippen LogP contribution in [0.25, 0.3) is 0 Å². The van der Waals surface area contributed by atoms with Crippen molar-refractivity contribution in [3.05, 3.63) is 35.9 Å². The van der Waals surface area contributed by atoms with E-state index in [0.29, 0.717) is 10.5 Å². The monoisotopic (exact) mass is 786 g/mol. The van der Waals surface area contributed by atoms with Crippen molar-refractivity contribution in [3.63, 3.8) is 0 Å². The average Bonchev–Trinajstić information content (AvgIpc) is 3.10. The molecule has 0 spiro atoms. The Labute approximate surface area is 319 Å². The van der Waals surface area contributed by atoms with Crippen LogP contribution in [-0.4, -0.2) is 124 Å². The molecular weight excluding hydrogens is 730 g/mol. The molecule has 2 unspecified atom stereocenters. The molecule has 6 amide bonds. The lowest BCUT2D eigenvalue weighted by Crippen LogP contribution is -2.64. The summed E-state index contributed by atoms with van der Waals surface area (Å²) in [5.74, 6) is -13.2. The van der Waals surface area contributed by atoms with Crippen LogP contribution >= 0.6 is 0 Å². The van der Waals surface area contributed by atoms with Gasteiger partial charge in [0.2, 0.25) is 17.7 Å². The number of nitrogens with two attached hydrogens (primary N) is 1. The fourth-order valence-electron chi connectivity index (χ4n) is 4.98. The largest absolute Gasteiger partial charge is 0.467 e. The van der Waals surface area contributed by atoms with E-state index in [4.69, 9.17) is 15.2 Å². The Hall–Kier alpha value is -4.75. The molecule has 310 valence electrons. The van der Waals surface area contributed by atoms with Crippen molar-refractivity contribution >= 4 is 41.6 Å². The van der Waals surface area contributed by atoms with Gasteiger partial charge in [-0.3, -0.25) is 24.0 Å². The maximum absolute atomic E-state index is 16.0. The number of imide groups is 1. The van der Waals surface area contributed by atoms with Gasteiger partial charge in [-0.25, -0.2) is 14.5 Å². The van der Waals surface area contributed by atoms with Gasteiger partial charge in [0.1, 0.15) is 41.9 Å². The van der Waals surface area contributed by atoms with Crippen LogP contribution < -0.4 is 27.0 Å². The minimum atomic E-state index is -4.67. The van der Waals surface area contributed by atoms with Gasteiger partial charge in [0, 0.05) is 0 Å². The molecule has 1 rings (SSSR count). The first-order valence-corrected chi connectivity index (χ1v) is 17.6. The van der Waals surface area contributed by atoms with Crippen molar-refractivity contribution in [3.8, 4) is 0 Å². The Balaban J connectivity index is 3.53. The smallest absolute Gasteiger partial charge is 0.417 e. The van der Waals surface area contributed by atoms with Crippen LogP contribution in [0.2, 0.25) is 0 Å². The van der Waals surface area contributed by atoms with E-state index in [1.807, 2.05) is 5.32 Å². The van der Waals surface area contributed by atoms with Gasteiger partial charge in [0.25, 0.3) is 11.8 Å². The normalized spacial score (nSPS) is 15.7. The van der Waals surface area contributed by atoms with Crippen LogP contribution in [0.5, 0.6) is 0 Å². The van der Waals surface area contributed by atoms with Crippen molar-refractivity contribution in [2.24, 2.45) is 17.6 Å². The molecule has 0 aromatic heterocycles. The van der Waals surface area contributed by atoms with Gasteiger partial charge < -0.3 is 46.7 Å². The zero-order valence-electron chi connectivity index (χ0n) is 32.8. The van der Waals surface area contributed by atoms with Gasteiger partial charge in [0.15, 0.2) is 0 Å². The quantitative estimate of drug-likeness (QED) is 0.0982. The summed E-state index contributed by atoms with van der Waals surface area (Å²) in [5.41, 5.74) is 4.64. The standard InChI is InChI=1S/C36H56F2N6O11/c1-18(2)25(30(49)42-26(19(3)4)32(51)54-10)43-33(52)36(37,38)27(46)24(16-22-14-12-11-13-15-22)41-28(47)21(6)44(34(53)55-35(7,8)9)31(50)20(5)40-29(48)23(39)17-45/h11-15,18-21,23-27,45-46H,16-17,39H2,1-10H3,(H,40,48)(H,41,47)(H,42,49)(H,43,52)/t20-,21-,23-,24?,25-,26-,27?/m0/s1. The highest BCUT2D eigenvalue weighted by Gasteiger charge is 2.52. The molecule has 1 aromatic rings. The van der Waals surface area contributed by atoms with E-state index < -0.39 is 120 Å². The Morgan fingerprint density at radius 3 is 1.84 bits per heavy atom. The topological polar surface area (TPSA) is 256 Å². The van der Waals surface area contributed by atoms with Gasteiger partial charge in [0.05, 0.1) is 19.8 Å². The van der Waals surface area contributed by atoms with Crippen molar-refractivity contribution in [1.82, 2.24) is 26.2 Å². The molecule has 0 heterocycles. The molecule has 0 bridgehead atoms. The number of rotatable bonds is 18. The van der Waals surface area contributed by atoms with Crippen molar-refractivity contribution in [2.45, 2.75) is 123 Å². The number of aliphatic hydroxyl groups excluding tert-OH is 2. The van der Waals surface area contributed by atoms with Crippen molar-refractivity contribution in [2.75, 3.05) is 13.7 Å². The number of nitrogens with zero attached hydrogens (tertiary/aromatic N) is 1. The summed E-state index contributed by atoms with van der Waals surface area (Å²) in [6.07, 6.45) is -4.79. The lowest BCUT2D eigenvalue weighted by atomic mass is 9.95. The first-order chi connectivity index (χ1) is 25.3. The van der Waals surface area contributed by atoms with E-state index in [-0.39, 0.29) is 0 Å². The molecule has 0 fully saturated rings. The molecule has 0 aliphatic rings. The second-order valence-corrected chi connectivity index (χ2v) is 14.7. The van der Waals surface area contributed by atoms with E-state index in [1.165, 1.54) is 46.8 Å². The Bertz CT molecular complexity index is 1510. The molecule has 0 aliphatic carbocycles. The third-order valence-corrected chi connectivity index (χ3v) is 8.19. The summed E-state index contributed by atoms with van der Waals surface area (Å²) in [4.78, 5) is 91.8. The van der Waals surface area contributed by atoms with Gasteiger partial charge >= 0.3 is 18.0 Å². The molecule has 19 heteroatoms. The van der Waals surface area contributed by atoms with Crippen LogP contribution in [0.15, 0.2) is 30.3 Å². The lowest BCUT2D eigenvalue weighted by Gasteiger charge is -2.34. The molecule has 17 nitrogen and oxygen atoms in total. The highest BCUT2D eigenvalue weighted by molar-refractivity contribution is 6.01. The van der Waals surface area contributed by atoms with Crippen LogP contribution in [0.3, 0.4) is 0 Å². The minimum Gasteiger partial charge on any atom is -0.467 e. The summed E-state index contributed by atoms with van der Waals surface area (Å²) >= 11 is 0. The number of carbonyl (C=O) groups is 7. The molecule has 0 radical (unpaired) electrons. The number of benzene rings is 1. The van der Waals surface area contributed by atoms with Gasteiger partial charge in [-0.05, 0) is 58.4 Å². The molecule has 0 aliphatic heterocycles. The van der Waals surface area contributed by atoms with Crippen LogP contribution in [0.1, 0.15) is 67.9 Å². The lowest BCUT2D eigenvalue weighted by molar-refractivity contribution is -0.169. The Morgan fingerprint density at radius 1 is 0.818 bits per heavy atom. The molecular formula is C36H56F2N6O11. The van der Waals surface area contributed by atoms with E-state index >= 15 is 8.78 Å². The molecule has 0 saturated carbocycles. The molecule has 7 atom stereocenters. The maximum Gasteiger partial charge on any atom is 0.417 e. The number of hydrogen-bond acceptors (Lipinski definition) is 12. The number of amides is 6. The molecule has 8 N–H and O–H groups in total. The number of aliphatic hydroxyl groups is 2. The fourth-order valence-corrected chi connectivity index (χ4v) is 4.98. The molecule has 55 heavy (non-hydrogen) atoms. The number of alkyl halides is 2. The molecule has 1 aromatic carbocycles. The number of esters is 1. The number of ether oxygens (including phenoxy) is 2. The van der Waals surface area contributed by atoms with Gasteiger partial charge in [-0.1, -0.05) is 58.0 Å². The number of hydrogen-bond donors (Lipinski definition) is 7. The summed E-state index contributed by atoms with van der Waals surface area (Å²) in [5, 5.41) is 29.1. The number of nitrogens with one attached hydrogen (secondary N) is 4. The van der Waals surface area contributed by atoms with E-state index in [2.05, 4.69) is 16.0 Å². The summed E-state index contributed by atoms with van der Waals surface area (Å²) in [7, 11) is 1.10. The number of halogens is 2. The molecule has 0 saturated heterocycles. The highest BCUT2D eigenvalue weighted by Crippen LogP contribution is 2.25. The third kappa shape index (κ3) is 14.1. The first kappa shape index (κ1) is 48.3. The maximum atomic E-state index is 16.0. The van der Waals surface area contributed by atoms with Crippen LogP contribution in [0, 0.1) is 11.8 Å². The second-order valence-electron chi connectivity index (χ2n) is 14.7. The van der Waals surface area contributed by atoms with Crippen LogP contribution in [-0.2, 0) is 44.7 Å². The fraction of sp³-hybridized carbons (Fsp3) is 0.639. The first-order valence-electron chi connectivity index (χ1n) is 17.6. The zero-order valence-corrected chi connectivity index (χ0v) is 32.8. The predicted octanol–water partition coefficient (Wildman–Crippen LogP) is 0.141. The van der Waals surface area contributed by atoms with E-state index in [0.717, 1.165) is 21.0 Å². The van der Waals surface area contributed by atoms with Gasteiger partial charge in [-0.15, -0.1) is 0 Å². The van der Waals surface area contributed by atoms with E-state index in [1.54, 1.807) is 32.0 Å². The summed E-state index contributed by atoms with van der Waals surface area (Å²) < 4.78 is 42.0. The average molecular weight is 787 g/mol. The van der Waals surface area contributed by atoms with Crippen LogP contribution in [0.4, 0.5) is 13.6 Å². The Kier molecular flexibility index (Phi) is 18.3.